The minimum absolute atomic E-state index is 0.0280. The van der Waals surface area contributed by atoms with Gasteiger partial charge in [0, 0.05) is 6.04 Å². The lowest BCUT2D eigenvalue weighted by Crippen LogP contribution is -2.36. The van der Waals surface area contributed by atoms with E-state index in [0.717, 1.165) is 38.2 Å². The molecule has 104 valence electrons. The Labute approximate surface area is 112 Å². The first-order chi connectivity index (χ1) is 8.99. The largest absolute Gasteiger partial charge is 0.545 e. The molecule has 0 bridgehead atoms. The van der Waals surface area contributed by atoms with Crippen LogP contribution in [0, 0.1) is 0 Å². The van der Waals surface area contributed by atoms with Gasteiger partial charge in [-0.1, -0.05) is 31.4 Å². The van der Waals surface area contributed by atoms with Crippen molar-refractivity contribution >= 4 is 16.0 Å². The number of sulfonamides is 1. The van der Waals surface area contributed by atoms with Crippen molar-refractivity contribution in [3.05, 3.63) is 29.8 Å². The van der Waals surface area contributed by atoms with E-state index in [9.17, 15) is 18.3 Å². The highest BCUT2D eigenvalue weighted by atomic mass is 32.2. The number of hydrogen-bond donors (Lipinski definition) is 1. The van der Waals surface area contributed by atoms with Crippen LogP contribution in [0.25, 0.3) is 0 Å². The Morgan fingerprint density at radius 2 is 1.89 bits per heavy atom. The highest BCUT2D eigenvalue weighted by Gasteiger charge is 2.21. The average molecular weight is 282 g/mol. The molecule has 0 amide bonds. The van der Waals surface area contributed by atoms with Gasteiger partial charge in [0.05, 0.1) is 10.9 Å². The number of rotatable bonds is 4. The first-order valence-corrected chi connectivity index (χ1v) is 7.81. The number of carbonyl (C=O) groups is 1. The van der Waals surface area contributed by atoms with E-state index in [1.807, 2.05) is 0 Å². The fraction of sp³-hybridized carbons (Fsp3) is 0.462. The molecule has 1 aliphatic carbocycles. The first-order valence-electron chi connectivity index (χ1n) is 6.33. The number of carbonyl (C=O) groups excluding carboxylic acids is 1. The summed E-state index contributed by atoms with van der Waals surface area (Å²) in [7, 11) is -3.66. The molecule has 0 radical (unpaired) electrons. The third-order valence-corrected chi connectivity index (χ3v) is 4.83. The highest BCUT2D eigenvalue weighted by molar-refractivity contribution is 7.89. The summed E-state index contributed by atoms with van der Waals surface area (Å²) in [5.74, 6) is -1.38. The van der Waals surface area contributed by atoms with Crippen molar-refractivity contribution in [1.29, 1.82) is 0 Å². The van der Waals surface area contributed by atoms with E-state index in [2.05, 4.69) is 4.72 Å². The lowest BCUT2D eigenvalue weighted by molar-refractivity contribution is -0.255. The summed E-state index contributed by atoms with van der Waals surface area (Å²) in [5, 5.41) is 10.7. The molecule has 1 fully saturated rings. The number of benzene rings is 1. The Balaban J connectivity index is 2.18. The Morgan fingerprint density at radius 3 is 2.53 bits per heavy atom. The minimum Gasteiger partial charge on any atom is -0.545 e. The predicted molar refractivity (Wildman–Crippen MR) is 68.0 cm³/mol. The van der Waals surface area contributed by atoms with Gasteiger partial charge in [-0.15, -0.1) is 0 Å². The van der Waals surface area contributed by atoms with Crippen LogP contribution >= 0.6 is 0 Å². The molecule has 1 aromatic rings. The van der Waals surface area contributed by atoms with Gasteiger partial charge in [-0.3, -0.25) is 0 Å². The fourth-order valence-corrected chi connectivity index (χ4v) is 3.65. The van der Waals surface area contributed by atoms with Crippen molar-refractivity contribution in [3.63, 3.8) is 0 Å². The van der Waals surface area contributed by atoms with Crippen LogP contribution in [-0.2, 0) is 10.0 Å². The summed E-state index contributed by atoms with van der Waals surface area (Å²) in [6.07, 6.45) is 4.84. The van der Waals surface area contributed by atoms with Crippen LogP contribution in [0.2, 0.25) is 0 Å². The van der Waals surface area contributed by atoms with Crippen molar-refractivity contribution < 1.29 is 18.3 Å². The molecular formula is C13H16NO4S-. The van der Waals surface area contributed by atoms with Crippen LogP contribution < -0.4 is 9.83 Å². The summed E-state index contributed by atoms with van der Waals surface area (Å²) < 4.78 is 26.9. The van der Waals surface area contributed by atoms with Crippen LogP contribution in [0.15, 0.2) is 29.2 Å². The molecule has 1 saturated carbocycles. The van der Waals surface area contributed by atoms with Crippen molar-refractivity contribution in [3.8, 4) is 0 Å². The Bertz CT molecular complexity index is 562. The van der Waals surface area contributed by atoms with Crippen LogP contribution in [0.1, 0.15) is 42.5 Å². The van der Waals surface area contributed by atoms with Crippen molar-refractivity contribution in [1.82, 2.24) is 4.72 Å². The molecular weight excluding hydrogens is 266 g/mol. The summed E-state index contributed by atoms with van der Waals surface area (Å²) in [5.41, 5.74) is -0.133. The first kappa shape index (κ1) is 14.0. The lowest BCUT2D eigenvalue weighted by atomic mass is 9.96. The van der Waals surface area contributed by atoms with Crippen molar-refractivity contribution in [2.45, 2.75) is 43.0 Å². The van der Waals surface area contributed by atoms with Gasteiger partial charge in [0.25, 0.3) is 0 Å². The molecule has 0 aromatic heterocycles. The zero-order valence-corrected chi connectivity index (χ0v) is 11.3. The molecule has 19 heavy (non-hydrogen) atoms. The van der Waals surface area contributed by atoms with E-state index >= 15 is 0 Å². The molecule has 0 saturated heterocycles. The molecule has 0 heterocycles. The third kappa shape index (κ3) is 3.54. The van der Waals surface area contributed by atoms with E-state index in [1.54, 1.807) is 0 Å². The Morgan fingerprint density at radius 1 is 1.21 bits per heavy atom. The van der Waals surface area contributed by atoms with E-state index in [4.69, 9.17) is 0 Å². The SMILES string of the molecule is O=C([O-])c1cccc(S(=O)(=O)NC2CCCCC2)c1. The predicted octanol–water partition coefficient (Wildman–Crippen LogP) is 0.661. The maximum Gasteiger partial charge on any atom is 0.240 e. The molecule has 1 aliphatic rings. The normalized spacial score (nSPS) is 17.3. The average Bonchev–Trinajstić information content (AvgIpc) is 2.39. The van der Waals surface area contributed by atoms with Gasteiger partial charge in [-0.05, 0) is 30.5 Å². The van der Waals surface area contributed by atoms with E-state index in [1.165, 1.54) is 18.2 Å². The quantitative estimate of drug-likeness (QED) is 0.879. The zero-order valence-electron chi connectivity index (χ0n) is 10.5. The standard InChI is InChI=1S/C13H17NO4S/c15-13(16)10-5-4-8-12(9-10)19(17,18)14-11-6-2-1-3-7-11/h4-5,8-9,11,14H,1-3,6-7H2,(H,15,16)/p-1. The van der Waals surface area contributed by atoms with Gasteiger partial charge in [-0.25, -0.2) is 13.1 Å². The number of carboxylic acids is 1. The molecule has 1 aromatic carbocycles. The summed E-state index contributed by atoms with van der Waals surface area (Å²) in [6, 6.07) is 5.18. The van der Waals surface area contributed by atoms with Gasteiger partial charge in [-0.2, -0.15) is 0 Å². The van der Waals surface area contributed by atoms with Crippen LogP contribution in [0.3, 0.4) is 0 Å². The second-order valence-corrected chi connectivity index (χ2v) is 6.49. The Kier molecular flexibility index (Phi) is 4.21. The van der Waals surface area contributed by atoms with Gasteiger partial charge >= 0.3 is 0 Å². The van der Waals surface area contributed by atoms with Crippen LogP contribution in [-0.4, -0.2) is 20.4 Å². The maximum absolute atomic E-state index is 12.2. The number of nitrogens with one attached hydrogen (secondary N) is 1. The topological polar surface area (TPSA) is 86.3 Å². The van der Waals surface area contributed by atoms with Crippen LogP contribution in [0.5, 0.6) is 0 Å². The summed E-state index contributed by atoms with van der Waals surface area (Å²) in [4.78, 5) is 10.7. The number of aromatic carboxylic acids is 1. The van der Waals surface area contributed by atoms with Gasteiger partial charge < -0.3 is 9.90 Å². The zero-order chi connectivity index (χ0) is 13.9. The smallest absolute Gasteiger partial charge is 0.240 e. The van der Waals surface area contributed by atoms with E-state index < -0.39 is 16.0 Å². The van der Waals surface area contributed by atoms with E-state index in [-0.39, 0.29) is 16.5 Å². The van der Waals surface area contributed by atoms with Crippen molar-refractivity contribution in [2.24, 2.45) is 0 Å². The highest BCUT2D eigenvalue weighted by Crippen LogP contribution is 2.20. The molecule has 0 unspecified atom stereocenters. The molecule has 0 atom stereocenters. The number of hydrogen-bond acceptors (Lipinski definition) is 4. The fourth-order valence-electron chi connectivity index (χ4n) is 2.30. The summed E-state index contributed by atoms with van der Waals surface area (Å²) >= 11 is 0. The Hall–Kier alpha value is -1.40. The second kappa shape index (κ2) is 5.71. The molecule has 5 nitrogen and oxygen atoms in total. The number of carboxylic acid groups (broad SMARTS) is 1. The molecule has 1 N–H and O–H groups in total. The lowest BCUT2D eigenvalue weighted by Gasteiger charge is -2.22. The molecule has 0 spiro atoms. The van der Waals surface area contributed by atoms with Gasteiger partial charge in [0.15, 0.2) is 0 Å². The second-order valence-electron chi connectivity index (χ2n) is 4.77. The summed E-state index contributed by atoms with van der Waals surface area (Å²) in [6.45, 7) is 0. The molecule has 2 rings (SSSR count). The minimum atomic E-state index is -3.66. The van der Waals surface area contributed by atoms with Crippen LogP contribution in [0.4, 0.5) is 0 Å². The maximum atomic E-state index is 12.2. The third-order valence-electron chi connectivity index (χ3n) is 3.31. The molecule has 0 aliphatic heterocycles. The molecule has 6 heteroatoms. The van der Waals surface area contributed by atoms with Crippen molar-refractivity contribution in [2.75, 3.05) is 0 Å². The van der Waals surface area contributed by atoms with Gasteiger partial charge in [0.1, 0.15) is 0 Å². The van der Waals surface area contributed by atoms with Gasteiger partial charge in [0.2, 0.25) is 10.0 Å². The van der Waals surface area contributed by atoms with E-state index in [0.29, 0.717) is 0 Å². The monoisotopic (exact) mass is 282 g/mol.